The molecule has 0 spiro atoms. The third-order valence-corrected chi connectivity index (χ3v) is 3.75. The molecule has 1 fully saturated rings. The van der Waals surface area contributed by atoms with Crippen LogP contribution in [0, 0.1) is 11.8 Å². The summed E-state index contributed by atoms with van der Waals surface area (Å²) >= 11 is 5.81. The van der Waals surface area contributed by atoms with Crippen LogP contribution >= 0.6 is 11.6 Å². The van der Waals surface area contributed by atoms with Gasteiger partial charge in [-0.25, -0.2) is 0 Å². The highest BCUT2D eigenvalue weighted by molar-refractivity contribution is 6.30. The van der Waals surface area contributed by atoms with Crippen LogP contribution in [0.4, 0.5) is 5.69 Å². The minimum Gasteiger partial charge on any atom is -0.323 e. The van der Waals surface area contributed by atoms with E-state index in [4.69, 9.17) is 11.6 Å². The second kappa shape index (κ2) is 5.89. The van der Waals surface area contributed by atoms with E-state index in [2.05, 4.69) is 15.5 Å². The number of nitrogens with one attached hydrogen (secondary N) is 1. The van der Waals surface area contributed by atoms with Crippen molar-refractivity contribution >= 4 is 23.2 Å². The van der Waals surface area contributed by atoms with Gasteiger partial charge in [0.1, 0.15) is 0 Å². The molecule has 2 heterocycles. The Morgan fingerprint density at radius 3 is 2.81 bits per heavy atom. The van der Waals surface area contributed by atoms with E-state index in [9.17, 15) is 4.79 Å². The summed E-state index contributed by atoms with van der Waals surface area (Å²) in [6.45, 7) is 3.30. The van der Waals surface area contributed by atoms with E-state index in [1.54, 1.807) is 23.3 Å². The number of hydrogen-bond donors (Lipinski definition) is 1. The minimum atomic E-state index is -0.201. The van der Waals surface area contributed by atoms with Crippen LogP contribution in [-0.4, -0.2) is 25.5 Å². The molecule has 1 N–H and O–H groups in total. The molecule has 1 unspecified atom stereocenters. The first-order chi connectivity index (χ1) is 10.1. The van der Waals surface area contributed by atoms with Crippen LogP contribution in [0.25, 0.3) is 0 Å². The Hall–Kier alpha value is -1.82. The number of anilines is 1. The first kappa shape index (κ1) is 14.1. The van der Waals surface area contributed by atoms with Crippen molar-refractivity contribution in [3.63, 3.8) is 0 Å². The highest BCUT2D eigenvalue weighted by Gasteiger charge is 2.22. The number of amides is 1. The summed E-state index contributed by atoms with van der Waals surface area (Å²) in [5.74, 6) is 0.511. The fourth-order valence-corrected chi connectivity index (χ4v) is 2.32. The molecule has 1 saturated carbocycles. The largest absolute Gasteiger partial charge is 0.323 e. The predicted molar refractivity (Wildman–Crippen MR) is 80.0 cm³/mol. The monoisotopic (exact) mass is 307 g/mol. The topological polar surface area (TPSA) is 64.7 Å². The maximum absolute atomic E-state index is 12.1. The van der Waals surface area contributed by atoms with Crippen molar-refractivity contribution in [3.8, 4) is 0 Å². The van der Waals surface area contributed by atoms with Crippen LogP contribution in [0.1, 0.15) is 19.8 Å². The number of rotatable bonds is 6. The van der Waals surface area contributed by atoms with Crippen molar-refractivity contribution in [2.75, 3.05) is 5.32 Å². The quantitative estimate of drug-likeness (QED) is 0.891. The van der Waals surface area contributed by atoms with Crippen LogP contribution in [0.2, 0.25) is 5.02 Å². The Bertz CT molecular complexity index is 631. The van der Waals surface area contributed by atoms with E-state index in [-0.39, 0.29) is 11.8 Å². The van der Waals surface area contributed by atoms with E-state index in [0.717, 1.165) is 18.2 Å². The van der Waals surface area contributed by atoms with Crippen molar-refractivity contribution < 1.29 is 4.79 Å². The van der Waals surface area contributed by atoms with Gasteiger partial charge in [-0.05, 0) is 18.8 Å². The Morgan fingerprint density at radius 2 is 2.14 bits per heavy atom. The van der Waals surface area contributed by atoms with Gasteiger partial charge in [0.25, 0.3) is 0 Å². The summed E-state index contributed by atoms with van der Waals surface area (Å²) in [6, 6.07) is 0. The summed E-state index contributed by atoms with van der Waals surface area (Å²) in [7, 11) is 0. The van der Waals surface area contributed by atoms with Crippen molar-refractivity contribution in [2.24, 2.45) is 11.8 Å². The second-order valence-corrected chi connectivity index (χ2v) is 6.10. The van der Waals surface area contributed by atoms with Crippen LogP contribution in [-0.2, 0) is 17.9 Å². The molecular weight excluding hydrogens is 290 g/mol. The Morgan fingerprint density at radius 1 is 1.38 bits per heavy atom. The molecule has 1 amide bonds. The third-order valence-electron chi connectivity index (χ3n) is 3.55. The third kappa shape index (κ3) is 3.85. The number of carbonyl (C=O) groups excluding carboxylic acids is 1. The van der Waals surface area contributed by atoms with Crippen LogP contribution in [0.5, 0.6) is 0 Å². The summed E-state index contributed by atoms with van der Waals surface area (Å²) in [4.78, 5) is 12.1. The molecule has 2 aromatic rings. The van der Waals surface area contributed by atoms with Gasteiger partial charge in [0.15, 0.2) is 0 Å². The van der Waals surface area contributed by atoms with E-state index in [1.807, 2.05) is 17.8 Å². The van der Waals surface area contributed by atoms with Gasteiger partial charge in [-0.3, -0.25) is 14.2 Å². The molecule has 0 aromatic carbocycles. The van der Waals surface area contributed by atoms with Crippen molar-refractivity contribution in [1.82, 2.24) is 19.6 Å². The zero-order chi connectivity index (χ0) is 14.8. The molecule has 112 valence electrons. The molecule has 7 heteroatoms. The number of carbonyl (C=O) groups is 1. The molecular formula is C14H18ClN5O. The number of nitrogens with zero attached hydrogens (tertiary/aromatic N) is 4. The first-order valence-electron chi connectivity index (χ1n) is 7.11. The zero-order valence-electron chi connectivity index (χ0n) is 11.9. The van der Waals surface area contributed by atoms with Gasteiger partial charge in [0, 0.05) is 18.9 Å². The predicted octanol–water partition coefficient (Wildman–Crippen LogP) is 2.42. The average molecular weight is 308 g/mol. The van der Waals surface area contributed by atoms with Crippen LogP contribution in [0.3, 0.4) is 0 Å². The number of hydrogen-bond acceptors (Lipinski definition) is 3. The van der Waals surface area contributed by atoms with Gasteiger partial charge in [-0.2, -0.15) is 10.2 Å². The maximum atomic E-state index is 12.1. The van der Waals surface area contributed by atoms with Gasteiger partial charge in [-0.1, -0.05) is 18.5 Å². The van der Waals surface area contributed by atoms with Crippen LogP contribution < -0.4 is 5.32 Å². The molecule has 6 nitrogen and oxygen atoms in total. The fraction of sp³-hybridized carbons (Fsp3) is 0.500. The van der Waals surface area contributed by atoms with Gasteiger partial charge in [0.05, 0.1) is 35.6 Å². The van der Waals surface area contributed by atoms with Crippen molar-refractivity contribution in [3.05, 3.63) is 29.8 Å². The summed E-state index contributed by atoms with van der Waals surface area (Å²) in [5.41, 5.74) is 0.742. The van der Waals surface area contributed by atoms with Gasteiger partial charge in [-0.15, -0.1) is 0 Å². The molecule has 1 aliphatic carbocycles. The lowest BCUT2D eigenvalue weighted by molar-refractivity contribution is -0.119. The Balaban J connectivity index is 1.53. The van der Waals surface area contributed by atoms with E-state index >= 15 is 0 Å². The molecule has 1 atom stereocenters. The molecule has 2 aromatic heterocycles. The summed E-state index contributed by atoms with van der Waals surface area (Å²) < 4.78 is 3.56. The van der Waals surface area contributed by atoms with Crippen LogP contribution in [0.15, 0.2) is 24.8 Å². The van der Waals surface area contributed by atoms with Gasteiger partial charge < -0.3 is 5.32 Å². The van der Waals surface area contributed by atoms with Gasteiger partial charge in [0.2, 0.25) is 5.91 Å². The zero-order valence-corrected chi connectivity index (χ0v) is 12.6. The molecule has 3 rings (SSSR count). The standard InChI is InChI=1S/C14H18ClN5O/c1-10(6-19-8-12(15)4-16-19)14(21)18-13-5-17-20(9-13)7-11-2-3-11/h4-5,8-11H,2-3,6-7H2,1H3,(H,18,21). The highest BCUT2D eigenvalue weighted by Crippen LogP contribution is 2.30. The molecule has 0 saturated heterocycles. The van der Waals surface area contributed by atoms with E-state index in [0.29, 0.717) is 11.6 Å². The Labute approximate surface area is 128 Å². The molecule has 0 bridgehead atoms. The molecule has 0 aliphatic heterocycles. The normalized spacial score (nSPS) is 15.9. The summed E-state index contributed by atoms with van der Waals surface area (Å²) in [6.07, 6.45) is 9.41. The first-order valence-corrected chi connectivity index (χ1v) is 7.49. The van der Waals surface area contributed by atoms with Gasteiger partial charge >= 0.3 is 0 Å². The summed E-state index contributed by atoms with van der Waals surface area (Å²) in [5, 5.41) is 11.8. The van der Waals surface area contributed by atoms with E-state index in [1.165, 1.54) is 12.8 Å². The molecule has 1 aliphatic rings. The molecule has 0 radical (unpaired) electrons. The van der Waals surface area contributed by atoms with E-state index < -0.39 is 0 Å². The fourth-order valence-electron chi connectivity index (χ4n) is 2.16. The smallest absolute Gasteiger partial charge is 0.229 e. The molecule has 21 heavy (non-hydrogen) atoms. The average Bonchev–Trinajstić information content (AvgIpc) is 2.99. The minimum absolute atomic E-state index is 0.0485. The number of halogens is 1. The lowest BCUT2D eigenvalue weighted by Gasteiger charge is -2.11. The maximum Gasteiger partial charge on any atom is 0.229 e. The van der Waals surface area contributed by atoms with Crippen molar-refractivity contribution in [2.45, 2.75) is 32.9 Å². The second-order valence-electron chi connectivity index (χ2n) is 5.67. The van der Waals surface area contributed by atoms with Crippen molar-refractivity contribution in [1.29, 1.82) is 0 Å². The number of aromatic nitrogens is 4. The Kier molecular flexibility index (Phi) is 3.96. The lowest BCUT2D eigenvalue weighted by atomic mass is 10.1. The lowest BCUT2D eigenvalue weighted by Crippen LogP contribution is -2.24. The highest BCUT2D eigenvalue weighted by atomic mass is 35.5. The SMILES string of the molecule is CC(Cn1cc(Cl)cn1)C(=O)Nc1cnn(CC2CC2)c1.